The van der Waals surface area contributed by atoms with Crippen LogP contribution in [0.25, 0.3) is 0 Å². The molecule has 0 fully saturated rings. The quantitative estimate of drug-likeness (QED) is 0.578. The third kappa shape index (κ3) is 9.02. The van der Waals surface area contributed by atoms with Gasteiger partial charge in [-0.15, -0.1) is 0 Å². The number of rotatable bonds is 5. The van der Waals surface area contributed by atoms with Crippen LogP contribution in [0.15, 0.2) is 18.2 Å². The Balaban J connectivity index is 0. The van der Waals surface area contributed by atoms with Gasteiger partial charge in [0.15, 0.2) is 0 Å². The highest BCUT2D eigenvalue weighted by Crippen LogP contribution is 2.28. The summed E-state index contributed by atoms with van der Waals surface area (Å²) in [6.07, 6.45) is 3.13. The second-order valence-corrected chi connectivity index (χ2v) is 6.03. The Labute approximate surface area is 139 Å². The molecule has 0 aliphatic rings. The SMILES string of the molecule is CC.CCC(C)=O.CCCc1c(C(C)C)cccc1C(C)C. The molecule has 128 valence electrons. The first-order valence-corrected chi connectivity index (χ1v) is 8.96. The highest BCUT2D eigenvalue weighted by atomic mass is 16.1. The lowest BCUT2D eigenvalue weighted by atomic mass is 9.87. The highest BCUT2D eigenvalue weighted by Gasteiger charge is 2.12. The molecule has 0 heterocycles. The lowest BCUT2D eigenvalue weighted by Gasteiger charge is -2.19. The van der Waals surface area contributed by atoms with E-state index >= 15 is 0 Å². The maximum Gasteiger partial charge on any atom is 0.129 e. The van der Waals surface area contributed by atoms with Crippen molar-refractivity contribution >= 4 is 5.78 Å². The van der Waals surface area contributed by atoms with Crippen molar-refractivity contribution in [2.45, 2.75) is 93.4 Å². The van der Waals surface area contributed by atoms with E-state index in [0.717, 1.165) is 0 Å². The van der Waals surface area contributed by atoms with Crippen LogP contribution >= 0.6 is 0 Å². The van der Waals surface area contributed by atoms with E-state index in [4.69, 9.17) is 0 Å². The van der Waals surface area contributed by atoms with E-state index in [1.54, 1.807) is 23.6 Å². The Morgan fingerprint density at radius 1 is 0.955 bits per heavy atom. The van der Waals surface area contributed by atoms with E-state index in [9.17, 15) is 4.79 Å². The van der Waals surface area contributed by atoms with Crippen LogP contribution < -0.4 is 0 Å². The number of Topliss-reactive ketones (excluding diaryl/α,β-unsaturated/α-hetero) is 1. The molecule has 0 N–H and O–H groups in total. The topological polar surface area (TPSA) is 17.1 Å². The first-order valence-electron chi connectivity index (χ1n) is 8.96. The summed E-state index contributed by atoms with van der Waals surface area (Å²) in [5, 5.41) is 0. The van der Waals surface area contributed by atoms with E-state index in [1.165, 1.54) is 12.8 Å². The molecule has 1 nitrogen and oxygen atoms in total. The largest absolute Gasteiger partial charge is 0.300 e. The van der Waals surface area contributed by atoms with E-state index in [-0.39, 0.29) is 5.78 Å². The molecule has 1 rings (SSSR count). The normalized spacial score (nSPS) is 9.77. The second kappa shape index (κ2) is 13.5. The fraction of sp³-hybridized carbons (Fsp3) is 0.667. The molecule has 1 aromatic rings. The molecule has 22 heavy (non-hydrogen) atoms. The van der Waals surface area contributed by atoms with Gasteiger partial charge in [0.2, 0.25) is 0 Å². The summed E-state index contributed by atoms with van der Waals surface area (Å²) in [4.78, 5) is 9.81. The van der Waals surface area contributed by atoms with E-state index in [0.29, 0.717) is 18.3 Å². The average molecular weight is 307 g/mol. The number of ketones is 1. The van der Waals surface area contributed by atoms with Gasteiger partial charge in [0.25, 0.3) is 0 Å². The molecule has 0 bridgehead atoms. The molecule has 1 heteroatoms. The third-order valence-corrected chi connectivity index (χ3v) is 3.49. The lowest BCUT2D eigenvalue weighted by molar-refractivity contribution is -0.116. The number of benzene rings is 1. The van der Waals surface area contributed by atoms with Gasteiger partial charge in [-0.25, -0.2) is 0 Å². The van der Waals surface area contributed by atoms with Crippen molar-refractivity contribution in [1.82, 2.24) is 0 Å². The van der Waals surface area contributed by atoms with Crippen molar-refractivity contribution < 1.29 is 4.79 Å². The lowest BCUT2D eigenvalue weighted by Crippen LogP contribution is -2.03. The minimum Gasteiger partial charge on any atom is -0.300 e. The van der Waals surface area contributed by atoms with Gasteiger partial charge >= 0.3 is 0 Å². The van der Waals surface area contributed by atoms with Crippen LogP contribution in [0.3, 0.4) is 0 Å². The van der Waals surface area contributed by atoms with Crippen molar-refractivity contribution in [1.29, 1.82) is 0 Å². The van der Waals surface area contributed by atoms with Gasteiger partial charge in [-0.3, -0.25) is 0 Å². The van der Waals surface area contributed by atoms with Crippen molar-refractivity contribution in [2.75, 3.05) is 0 Å². The van der Waals surface area contributed by atoms with Gasteiger partial charge in [-0.2, -0.15) is 0 Å². The predicted molar refractivity (Wildman–Crippen MR) is 101 cm³/mol. The third-order valence-electron chi connectivity index (χ3n) is 3.49. The smallest absolute Gasteiger partial charge is 0.129 e. The molecule has 0 unspecified atom stereocenters. The number of hydrogen-bond acceptors (Lipinski definition) is 1. The minimum atomic E-state index is 0.255. The van der Waals surface area contributed by atoms with Crippen LogP contribution in [0.2, 0.25) is 0 Å². The predicted octanol–water partition coefficient (Wildman–Crippen LogP) is 6.90. The van der Waals surface area contributed by atoms with Crippen LogP contribution in [-0.2, 0) is 11.2 Å². The fourth-order valence-electron chi connectivity index (χ4n) is 2.24. The maximum atomic E-state index is 9.81. The summed E-state index contributed by atoms with van der Waals surface area (Å²) in [6, 6.07) is 6.80. The van der Waals surface area contributed by atoms with Gasteiger partial charge in [-0.05, 0) is 41.9 Å². The van der Waals surface area contributed by atoms with E-state index in [2.05, 4.69) is 52.8 Å². The summed E-state index contributed by atoms with van der Waals surface area (Å²) in [5.41, 5.74) is 4.69. The number of carbonyl (C=O) groups excluding carboxylic acids is 1. The number of hydrogen-bond donors (Lipinski definition) is 0. The average Bonchev–Trinajstić information content (AvgIpc) is 2.49. The zero-order valence-corrected chi connectivity index (χ0v) is 16.4. The first-order chi connectivity index (χ1) is 10.3. The van der Waals surface area contributed by atoms with E-state index in [1.807, 2.05) is 20.8 Å². The fourth-order valence-corrected chi connectivity index (χ4v) is 2.24. The molecule has 0 aliphatic carbocycles. The molecule has 0 amide bonds. The summed E-state index contributed by atoms with van der Waals surface area (Å²) in [5.74, 6) is 1.54. The molecular formula is C21H38O. The first kappa shape index (κ1) is 23.2. The Kier molecular flexibility index (Phi) is 14.3. The van der Waals surface area contributed by atoms with Gasteiger partial charge in [0.05, 0.1) is 0 Å². The van der Waals surface area contributed by atoms with Gasteiger partial charge in [-0.1, -0.05) is 80.0 Å². The van der Waals surface area contributed by atoms with Crippen LogP contribution in [0.1, 0.15) is 104 Å². The summed E-state index contributed by atoms with van der Waals surface area (Å²) >= 11 is 0. The molecule has 0 saturated carbocycles. The summed E-state index contributed by atoms with van der Waals surface area (Å²) < 4.78 is 0. The highest BCUT2D eigenvalue weighted by molar-refractivity contribution is 5.74. The molecule has 0 saturated heterocycles. The standard InChI is InChI=1S/C15H24.C4H8O.C2H6/c1-6-8-15-13(11(2)3)9-7-10-14(15)12(4)5;1-3-4(2)5;1-2/h7,9-12H,6,8H2,1-5H3;3H2,1-2H3;1-2H3. The van der Waals surface area contributed by atoms with Gasteiger partial charge in [0.1, 0.15) is 5.78 Å². The minimum absolute atomic E-state index is 0.255. The molecule has 0 atom stereocenters. The van der Waals surface area contributed by atoms with Crippen LogP contribution in [0.4, 0.5) is 0 Å². The van der Waals surface area contributed by atoms with E-state index < -0.39 is 0 Å². The Morgan fingerprint density at radius 2 is 1.32 bits per heavy atom. The zero-order chi connectivity index (χ0) is 17.7. The Hall–Kier alpha value is -1.11. The molecule has 0 aromatic heterocycles. The van der Waals surface area contributed by atoms with Gasteiger partial charge < -0.3 is 4.79 Å². The van der Waals surface area contributed by atoms with Crippen molar-refractivity contribution in [3.8, 4) is 0 Å². The van der Waals surface area contributed by atoms with Crippen molar-refractivity contribution in [3.05, 3.63) is 34.9 Å². The second-order valence-electron chi connectivity index (χ2n) is 6.03. The maximum absolute atomic E-state index is 9.81. The number of carbonyl (C=O) groups is 1. The monoisotopic (exact) mass is 306 g/mol. The van der Waals surface area contributed by atoms with Crippen LogP contribution in [0.5, 0.6) is 0 Å². The van der Waals surface area contributed by atoms with Crippen LogP contribution in [0, 0.1) is 0 Å². The van der Waals surface area contributed by atoms with Crippen LogP contribution in [-0.4, -0.2) is 5.78 Å². The molecule has 0 spiro atoms. The molecule has 0 radical (unpaired) electrons. The summed E-state index contributed by atoms with van der Waals surface area (Å²) in [7, 11) is 0. The van der Waals surface area contributed by atoms with Gasteiger partial charge in [0, 0.05) is 6.42 Å². The molecule has 0 aliphatic heterocycles. The summed E-state index contributed by atoms with van der Waals surface area (Å²) in [6.45, 7) is 18.9. The Morgan fingerprint density at radius 3 is 1.55 bits per heavy atom. The molecule has 1 aromatic carbocycles. The van der Waals surface area contributed by atoms with Crippen molar-refractivity contribution in [3.63, 3.8) is 0 Å². The molecular weight excluding hydrogens is 268 g/mol. The van der Waals surface area contributed by atoms with Crippen molar-refractivity contribution in [2.24, 2.45) is 0 Å². The Bertz CT molecular complexity index is 376. The zero-order valence-electron chi connectivity index (χ0n) is 16.4.